The van der Waals surface area contributed by atoms with E-state index in [2.05, 4.69) is 15.3 Å². The second kappa shape index (κ2) is 5.17. The molecular formula is C10H17N5O3S. The number of hydrogen-bond acceptors (Lipinski definition) is 6. The fourth-order valence-corrected chi connectivity index (χ4v) is 2.56. The molecule has 2 aromatic rings. The molecular weight excluding hydrogens is 270 g/mol. The average molecular weight is 287 g/mol. The summed E-state index contributed by atoms with van der Waals surface area (Å²) in [5, 5.41) is 11.7. The molecule has 19 heavy (non-hydrogen) atoms. The van der Waals surface area contributed by atoms with Gasteiger partial charge >= 0.3 is 0 Å². The lowest BCUT2D eigenvalue weighted by Gasteiger charge is -2.02. The molecule has 0 fully saturated rings. The van der Waals surface area contributed by atoms with E-state index >= 15 is 0 Å². The van der Waals surface area contributed by atoms with Crippen molar-refractivity contribution in [2.75, 3.05) is 24.3 Å². The standard InChI is InChI=1S/C10H17N5O3S/c1-3-19(16,17)5-4-15-10-8(9(11)12-13-10)7(14-15)6-18-2/h3-6H2,1-2H3,(H3,11,12,13). The number of nitrogens with zero attached hydrogens (tertiary/aromatic N) is 3. The molecule has 9 heteroatoms. The lowest BCUT2D eigenvalue weighted by molar-refractivity contribution is 0.181. The second-order valence-corrected chi connectivity index (χ2v) is 6.65. The fourth-order valence-electron chi connectivity index (χ4n) is 1.82. The van der Waals surface area contributed by atoms with Gasteiger partial charge in [-0.1, -0.05) is 6.92 Å². The number of fused-ring (bicyclic) bond motifs is 1. The zero-order valence-electron chi connectivity index (χ0n) is 10.9. The van der Waals surface area contributed by atoms with Crippen molar-refractivity contribution in [2.45, 2.75) is 20.1 Å². The first-order valence-electron chi connectivity index (χ1n) is 5.87. The Morgan fingerprint density at radius 1 is 1.47 bits per heavy atom. The minimum Gasteiger partial charge on any atom is -0.383 e. The van der Waals surface area contributed by atoms with Gasteiger partial charge in [0.15, 0.2) is 15.5 Å². The van der Waals surface area contributed by atoms with E-state index < -0.39 is 9.84 Å². The van der Waals surface area contributed by atoms with Crippen molar-refractivity contribution in [3.05, 3.63) is 5.69 Å². The van der Waals surface area contributed by atoms with E-state index in [1.54, 1.807) is 18.7 Å². The van der Waals surface area contributed by atoms with Crippen LogP contribution < -0.4 is 5.73 Å². The van der Waals surface area contributed by atoms with Gasteiger partial charge in [-0.2, -0.15) is 10.2 Å². The number of ether oxygens (including phenoxy) is 1. The van der Waals surface area contributed by atoms with Gasteiger partial charge < -0.3 is 10.5 Å². The molecule has 106 valence electrons. The Balaban J connectivity index is 2.33. The molecule has 0 atom stereocenters. The van der Waals surface area contributed by atoms with Crippen LogP contribution in [0.2, 0.25) is 0 Å². The van der Waals surface area contributed by atoms with Crippen LogP contribution in [0.3, 0.4) is 0 Å². The van der Waals surface area contributed by atoms with Gasteiger partial charge in [-0.3, -0.25) is 5.10 Å². The summed E-state index contributed by atoms with van der Waals surface area (Å²) in [5.41, 5.74) is 6.99. The first-order chi connectivity index (χ1) is 8.98. The van der Waals surface area contributed by atoms with Crippen LogP contribution in [-0.4, -0.2) is 47.0 Å². The molecule has 0 aliphatic heterocycles. The summed E-state index contributed by atoms with van der Waals surface area (Å²) in [6, 6.07) is 0. The summed E-state index contributed by atoms with van der Waals surface area (Å²) in [4.78, 5) is 0. The maximum Gasteiger partial charge on any atom is 0.182 e. The number of anilines is 1. The Kier molecular flexibility index (Phi) is 3.76. The van der Waals surface area contributed by atoms with Crippen LogP contribution in [0.4, 0.5) is 5.82 Å². The minimum atomic E-state index is -3.04. The van der Waals surface area contributed by atoms with E-state index in [1.807, 2.05) is 0 Å². The lowest BCUT2D eigenvalue weighted by atomic mass is 10.3. The van der Waals surface area contributed by atoms with Crippen molar-refractivity contribution in [3.63, 3.8) is 0 Å². The van der Waals surface area contributed by atoms with Crippen LogP contribution in [0.1, 0.15) is 12.6 Å². The molecule has 0 unspecified atom stereocenters. The third-order valence-corrected chi connectivity index (χ3v) is 4.57. The Labute approximate surface area is 110 Å². The van der Waals surface area contributed by atoms with E-state index in [9.17, 15) is 8.42 Å². The van der Waals surface area contributed by atoms with Gasteiger partial charge in [0.2, 0.25) is 0 Å². The Morgan fingerprint density at radius 3 is 2.84 bits per heavy atom. The van der Waals surface area contributed by atoms with Crippen LogP contribution in [0.15, 0.2) is 0 Å². The maximum absolute atomic E-state index is 11.5. The maximum atomic E-state index is 11.5. The number of aromatic amines is 1. The van der Waals surface area contributed by atoms with Crippen LogP contribution in [-0.2, 0) is 27.7 Å². The number of nitrogens with one attached hydrogen (secondary N) is 1. The predicted octanol–water partition coefficient (Wildman–Crippen LogP) is -0.0773. The molecule has 0 saturated carbocycles. The number of nitrogens with two attached hydrogens (primary N) is 1. The highest BCUT2D eigenvalue weighted by molar-refractivity contribution is 7.91. The van der Waals surface area contributed by atoms with Crippen LogP contribution >= 0.6 is 0 Å². The highest BCUT2D eigenvalue weighted by atomic mass is 32.2. The predicted molar refractivity (Wildman–Crippen MR) is 71.3 cm³/mol. The number of hydrogen-bond donors (Lipinski definition) is 2. The van der Waals surface area contributed by atoms with Crippen molar-refractivity contribution in [2.24, 2.45) is 0 Å². The molecule has 2 aromatic heterocycles. The van der Waals surface area contributed by atoms with E-state index in [4.69, 9.17) is 10.5 Å². The highest BCUT2D eigenvalue weighted by Gasteiger charge is 2.17. The third-order valence-electron chi connectivity index (χ3n) is 2.88. The Morgan fingerprint density at radius 2 is 2.21 bits per heavy atom. The van der Waals surface area contributed by atoms with Crippen molar-refractivity contribution in [1.82, 2.24) is 20.0 Å². The quantitative estimate of drug-likeness (QED) is 0.768. The van der Waals surface area contributed by atoms with E-state index in [1.165, 1.54) is 0 Å². The summed E-state index contributed by atoms with van der Waals surface area (Å²) in [6.07, 6.45) is 0. The van der Waals surface area contributed by atoms with Gasteiger partial charge in [0.05, 0.1) is 24.3 Å². The first-order valence-corrected chi connectivity index (χ1v) is 7.69. The molecule has 0 amide bonds. The third kappa shape index (κ3) is 2.71. The minimum absolute atomic E-state index is 0.0272. The molecule has 0 aromatic carbocycles. The number of rotatable bonds is 6. The molecule has 8 nitrogen and oxygen atoms in total. The fraction of sp³-hybridized carbons (Fsp3) is 0.600. The number of sulfone groups is 1. The van der Waals surface area contributed by atoms with Gasteiger partial charge in [-0.25, -0.2) is 13.1 Å². The normalized spacial score (nSPS) is 12.3. The number of H-pyrrole nitrogens is 1. The molecule has 0 saturated heterocycles. The number of aryl methyl sites for hydroxylation is 1. The largest absolute Gasteiger partial charge is 0.383 e. The molecule has 0 radical (unpaired) electrons. The van der Waals surface area contributed by atoms with Crippen LogP contribution in [0.5, 0.6) is 0 Å². The summed E-state index contributed by atoms with van der Waals surface area (Å²) in [6.45, 7) is 2.17. The molecule has 0 spiro atoms. The van der Waals surface area contributed by atoms with Crippen molar-refractivity contribution >= 4 is 26.7 Å². The topological polar surface area (TPSA) is 116 Å². The first kappa shape index (κ1) is 13.8. The van der Waals surface area contributed by atoms with Gasteiger partial charge in [-0.05, 0) is 0 Å². The number of methoxy groups -OCH3 is 1. The van der Waals surface area contributed by atoms with Crippen LogP contribution in [0.25, 0.3) is 11.0 Å². The van der Waals surface area contributed by atoms with Crippen molar-refractivity contribution in [1.29, 1.82) is 0 Å². The van der Waals surface area contributed by atoms with E-state index in [-0.39, 0.29) is 18.1 Å². The van der Waals surface area contributed by atoms with E-state index in [0.29, 0.717) is 29.2 Å². The highest BCUT2D eigenvalue weighted by Crippen LogP contribution is 2.22. The summed E-state index contributed by atoms with van der Waals surface area (Å²) in [5.74, 6) is 0.552. The van der Waals surface area contributed by atoms with Gasteiger partial charge in [-0.15, -0.1) is 0 Å². The number of aromatic nitrogens is 4. The zero-order chi connectivity index (χ0) is 14.0. The Hall–Kier alpha value is -1.61. The summed E-state index contributed by atoms with van der Waals surface area (Å²) < 4.78 is 29.6. The number of nitrogen functional groups attached to an aromatic ring is 1. The van der Waals surface area contributed by atoms with E-state index in [0.717, 1.165) is 0 Å². The monoisotopic (exact) mass is 287 g/mol. The molecule has 0 aliphatic carbocycles. The van der Waals surface area contributed by atoms with Crippen molar-refractivity contribution < 1.29 is 13.2 Å². The van der Waals surface area contributed by atoms with Gasteiger partial charge in [0.25, 0.3) is 0 Å². The molecule has 0 aliphatic rings. The smallest absolute Gasteiger partial charge is 0.182 e. The summed E-state index contributed by atoms with van der Waals surface area (Å²) in [7, 11) is -1.49. The Bertz CT molecular complexity index is 673. The second-order valence-electron chi connectivity index (χ2n) is 4.18. The van der Waals surface area contributed by atoms with Crippen LogP contribution in [0, 0.1) is 0 Å². The lowest BCUT2D eigenvalue weighted by Crippen LogP contribution is -2.15. The van der Waals surface area contributed by atoms with Crippen molar-refractivity contribution in [3.8, 4) is 0 Å². The molecule has 3 N–H and O–H groups in total. The summed E-state index contributed by atoms with van der Waals surface area (Å²) >= 11 is 0. The SMILES string of the molecule is CCS(=O)(=O)CCn1nc(COC)c2c(N)[nH]nc21. The molecule has 0 bridgehead atoms. The van der Waals surface area contributed by atoms with Gasteiger partial charge in [0, 0.05) is 12.9 Å². The molecule has 2 rings (SSSR count). The average Bonchev–Trinajstić information content (AvgIpc) is 2.90. The van der Waals surface area contributed by atoms with Gasteiger partial charge in [0.1, 0.15) is 11.5 Å². The zero-order valence-corrected chi connectivity index (χ0v) is 11.7. The molecule has 2 heterocycles.